The number of nitrogens with zero attached hydrogens (tertiary/aromatic N) is 3. The standard InChI is InChI=1S/C27H18Cl2FN3O3/c28-17-8-4-7-16(21(17)29)22-20-23(33(31-22)15-5-2-1-3-6-15)25-19-18(24(20)36-25)26(34)32(27(19)35)14-11-9-13(30)10-12-14/h1-12,18-20,23-25H/t18-,19+,20+,23-,24-,25+/m1/s1. The first-order valence-electron chi connectivity index (χ1n) is 11.6. The van der Waals surface area contributed by atoms with E-state index in [1.54, 1.807) is 6.07 Å². The number of hydrogen-bond acceptors (Lipinski definition) is 5. The molecule has 0 aromatic heterocycles. The molecule has 6 atom stereocenters. The minimum atomic E-state index is -0.660. The third-order valence-corrected chi connectivity index (χ3v) is 8.44. The largest absolute Gasteiger partial charge is 0.370 e. The zero-order valence-corrected chi connectivity index (χ0v) is 20.1. The number of ether oxygens (including phenoxy) is 1. The summed E-state index contributed by atoms with van der Waals surface area (Å²) in [5.41, 5.74) is 2.57. The average Bonchev–Trinajstić information content (AvgIpc) is 3.62. The van der Waals surface area contributed by atoms with Crippen LogP contribution in [0.3, 0.4) is 0 Å². The number of fused-ring (bicyclic) bond motifs is 8. The lowest BCUT2D eigenvalue weighted by Gasteiger charge is -2.32. The summed E-state index contributed by atoms with van der Waals surface area (Å²) in [6.45, 7) is 0. The first-order valence-corrected chi connectivity index (χ1v) is 12.4. The molecule has 3 aromatic carbocycles. The second-order valence-corrected chi connectivity index (χ2v) is 10.2. The molecule has 0 unspecified atom stereocenters. The van der Waals surface area contributed by atoms with Crippen LogP contribution in [0.4, 0.5) is 15.8 Å². The Labute approximate surface area is 215 Å². The molecule has 36 heavy (non-hydrogen) atoms. The van der Waals surface area contributed by atoms with Gasteiger partial charge in [-0.3, -0.25) is 14.6 Å². The minimum absolute atomic E-state index is 0.294. The summed E-state index contributed by atoms with van der Waals surface area (Å²) >= 11 is 12.9. The number of carbonyl (C=O) groups excluding carboxylic acids is 2. The van der Waals surface area contributed by atoms with E-state index in [2.05, 4.69) is 0 Å². The highest BCUT2D eigenvalue weighted by atomic mass is 35.5. The zero-order chi connectivity index (χ0) is 24.7. The second kappa shape index (κ2) is 7.87. The summed E-state index contributed by atoms with van der Waals surface area (Å²) in [5.74, 6) is -2.70. The smallest absolute Gasteiger partial charge is 0.240 e. The lowest BCUT2D eigenvalue weighted by atomic mass is 9.70. The highest BCUT2D eigenvalue weighted by Gasteiger charge is 2.72. The fourth-order valence-corrected chi connectivity index (χ4v) is 6.60. The molecule has 3 saturated heterocycles. The number of para-hydroxylation sites is 1. The molecule has 4 aliphatic heterocycles. The summed E-state index contributed by atoms with van der Waals surface area (Å²) in [7, 11) is 0. The van der Waals surface area contributed by atoms with Crippen molar-refractivity contribution in [3.8, 4) is 0 Å². The summed E-state index contributed by atoms with van der Waals surface area (Å²) in [4.78, 5) is 28.4. The Morgan fingerprint density at radius 3 is 2.19 bits per heavy atom. The Morgan fingerprint density at radius 2 is 1.47 bits per heavy atom. The molecule has 0 saturated carbocycles. The van der Waals surface area contributed by atoms with Crippen LogP contribution in [0.5, 0.6) is 0 Å². The molecule has 0 spiro atoms. The van der Waals surface area contributed by atoms with Gasteiger partial charge in [0.15, 0.2) is 0 Å². The number of rotatable bonds is 3. The van der Waals surface area contributed by atoms with Crippen LogP contribution in [-0.4, -0.2) is 35.8 Å². The zero-order valence-electron chi connectivity index (χ0n) is 18.6. The van der Waals surface area contributed by atoms with Crippen molar-refractivity contribution in [3.63, 3.8) is 0 Å². The highest BCUT2D eigenvalue weighted by molar-refractivity contribution is 6.44. The molecule has 180 valence electrons. The van der Waals surface area contributed by atoms with Gasteiger partial charge in [0.1, 0.15) is 5.82 Å². The molecule has 0 aliphatic carbocycles. The quantitative estimate of drug-likeness (QED) is 0.458. The van der Waals surface area contributed by atoms with Crippen molar-refractivity contribution in [2.24, 2.45) is 22.9 Å². The van der Waals surface area contributed by atoms with Crippen LogP contribution in [0.15, 0.2) is 77.9 Å². The maximum absolute atomic E-state index is 13.6. The molecule has 4 aliphatic rings. The van der Waals surface area contributed by atoms with E-state index >= 15 is 0 Å². The first kappa shape index (κ1) is 22.0. The lowest BCUT2D eigenvalue weighted by molar-refractivity contribution is -0.125. The van der Waals surface area contributed by atoms with Gasteiger partial charge in [-0.15, -0.1) is 0 Å². The molecule has 3 aromatic rings. The van der Waals surface area contributed by atoms with E-state index in [0.717, 1.165) is 5.69 Å². The predicted octanol–water partition coefficient (Wildman–Crippen LogP) is 4.93. The fourth-order valence-electron chi connectivity index (χ4n) is 6.20. The summed E-state index contributed by atoms with van der Waals surface area (Å²) in [5, 5.41) is 7.64. The van der Waals surface area contributed by atoms with Gasteiger partial charge in [-0.2, -0.15) is 5.10 Å². The van der Waals surface area contributed by atoms with Crippen molar-refractivity contribution in [2.75, 3.05) is 9.91 Å². The average molecular weight is 522 g/mol. The highest BCUT2D eigenvalue weighted by Crippen LogP contribution is 2.56. The van der Waals surface area contributed by atoms with Crippen molar-refractivity contribution >= 4 is 52.1 Å². The number of amides is 2. The van der Waals surface area contributed by atoms with Gasteiger partial charge in [0.05, 0.1) is 63.1 Å². The normalized spacial score (nSPS) is 30.1. The van der Waals surface area contributed by atoms with Crippen LogP contribution in [-0.2, 0) is 14.3 Å². The maximum Gasteiger partial charge on any atom is 0.240 e. The van der Waals surface area contributed by atoms with Crippen molar-refractivity contribution in [1.29, 1.82) is 0 Å². The molecular weight excluding hydrogens is 504 g/mol. The van der Waals surface area contributed by atoms with E-state index < -0.39 is 29.9 Å². The van der Waals surface area contributed by atoms with E-state index in [0.29, 0.717) is 27.0 Å². The number of anilines is 2. The van der Waals surface area contributed by atoms with Gasteiger partial charge in [0, 0.05) is 5.56 Å². The topological polar surface area (TPSA) is 62.2 Å². The molecule has 2 bridgehead atoms. The van der Waals surface area contributed by atoms with Gasteiger partial charge in [-0.05, 0) is 42.5 Å². The van der Waals surface area contributed by atoms with Gasteiger partial charge < -0.3 is 4.74 Å². The van der Waals surface area contributed by atoms with Gasteiger partial charge in [0.25, 0.3) is 0 Å². The molecule has 6 nitrogen and oxygen atoms in total. The van der Waals surface area contributed by atoms with Gasteiger partial charge in [-0.25, -0.2) is 9.29 Å². The monoisotopic (exact) mass is 521 g/mol. The Morgan fingerprint density at radius 1 is 0.778 bits per heavy atom. The molecular formula is C27H18Cl2FN3O3. The molecule has 0 N–H and O–H groups in total. The summed E-state index contributed by atoms with van der Waals surface area (Å²) in [6.07, 6.45) is -1.11. The van der Waals surface area contributed by atoms with Crippen molar-refractivity contribution in [2.45, 2.75) is 18.2 Å². The van der Waals surface area contributed by atoms with E-state index in [-0.39, 0.29) is 23.8 Å². The Bertz CT molecular complexity index is 1450. The van der Waals surface area contributed by atoms with Crippen molar-refractivity contribution < 1.29 is 18.7 Å². The third-order valence-electron chi connectivity index (χ3n) is 7.63. The first-order chi connectivity index (χ1) is 17.5. The number of carbonyl (C=O) groups is 2. The predicted molar refractivity (Wildman–Crippen MR) is 134 cm³/mol. The van der Waals surface area contributed by atoms with Crippen LogP contribution in [0.25, 0.3) is 0 Å². The van der Waals surface area contributed by atoms with Gasteiger partial charge in [-0.1, -0.05) is 53.5 Å². The van der Waals surface area contributed by atoms with E-state index in [9.17, 15) is 14.0 Å². The van der Waals surface area contributed by atoms with E-state index in [1.165, 1.54) is 29.2 Å². The Balaban J connectivity index is 1.34. The van der Waals surface area contributed by atoms with Crippen LogP contribution in [0.1, 0.15) is 5.56 Å². The second-order valence-electron chi connectivity index (χ2n) is 9.39. The SMILES string of the molecule is O=C1[C@@H]2[C@@H]3O[C@@H]([C@H]4C(c5cccc(Cl)c5Cl)=NN(c5ccccc5)[C@@H]34)[C@@H]2C(=O)N1c1ccc(F)cc1. The van der Waals surface area contributed by atoms with Gasteiger partial charge in [0.2, 0.25) is 11.8 Å². The number of hydrazone groups is 1. The lowest BCUT2D eigenvalue weighted by Crippen LogP contribution is -2.50. The van der Waals surface area contributed by atoms with Crippen molar-refractivity contribution in [1.82, 2.24) is 0 Å². The number of hydrogen-bond donors (Lipinski definition) is 0. The maximum atomic E-state index is 13.6. The molecule has 0 radical (unpaired) electrons. The number of halogens is 3. The summed E-state index contributed by atoms with van der Waals surface area (Å²) in [6, 6.07) is 20.1. The molecule has 7 rings (SSSR count). The number of benzene rings is 3. The summed E-state index contributed by atoms with van der Waals surface area (Å²) < 4.78 is 19.9. The van der Waals surface area contributed by atoms with E-state index in [1.807, 2.05) is 47.5 Å². The Hall–Kier alpha value is -3.26. The third kappa shape index (κ3) is 2.91. The van der Waals surface area contributed by atoms with Crippen LogP contribution < -0.4 is 9.91 Å². The van der Waals surface area contributed by atoms with Crippen LogP contribution >= 0.6 is 23.2 Å². The van der Waals surface area contributed by atoms with Crippen molar-refractivity contribution in [3.05, 3.63) is 94.2 Å². The minimum Gasteiger partial charge on any atom is -0.370 e. The molecule has 9 heteroatoms. The number of imide groups is 1. The van der Waals surface area contributed by atoms with E-state index in [4.69, 9.17) is 33.0 Å². The van der Waals surface area contributed by atoms with Crippen LogP contribution in [0, 0.1) is 23.6 Å². The Kier molecular flexibility index (Phi) is 4.80. The van der Waals surface area contributed by atoms with Crippen LogP contribution in [0.2, 0.25) is 10.0 Å². The van der Waals surface area contributed by atoms with Gasteiger partial charge >= 0.3 is 0 Å². The molecule has 3 fully saturated rings. The molecule has 2 amide bonds. The fraction of sp³-hybridized carbons (Fsp3) is 0.222. The molecule has 4 heterocycles.